The molecule has 21 heavy (non-hydrogen) atoms. The fourth-order valence-electron chi connectivity index (χ4n) is 3.88. The van der Waals surface area contributed by atoms with Crippen LogP contribution in [-0.4, -0.2) is 67.3 Å². The molecule has 2 aliphatic rings. The third-order valence-electron chi connectivity index (χ3n) is 4.88. The van der Waals surface area contributed by atoms with Gasteiger partial charge in [-0.15, -0.1) is 0 Å². The highest BCUT2D eigenvalue weighted by Gasteiger charge is 2.40. The summed E-state index contributed by atoms with van der Waals surface area (Å²) in [6.45, 7) is 1.12. The largest absolute Gasteiger partial charge is 0.480 e. The maximum atomic E-state index is 12.4. The second-order valence-corrected chi connectivity index (χ2v) is 6.41. The lowest BCUT2D eigenvalue weighted by molar-refractivity contribution is -0.137. The minimum absolute atomic E-state index is 0.211. The standard InChI is InChI=1S/C15H26N2O4/c1-16(9-13-8-11-3-4-12(13)7-11)15(20)17(5-6-21-2)10-14(18)19/h11-13H,3-10H2,1-2H3,(H,18,19). The first-order valence-corrected chi connectivity index (χ1v) is 7.72. The zero-order chi connectivity index (χ0) is 15.4. The highest BCUT2D eigenvalue weighted by molar-refractivity contribution is 5.80. The predicted octanol–water partition coefficient (Wildman–Crippen LogP) is 1.51. The third-order valence-corrected chi connectivity index (χ3v) is 4.88. The van der Waals surface area contributed by atoms with E-state index in [1.54, 1.807) is 19.1 Å². The number of nitrogens with zero attached hydrogens (tertiary/aromatic N) is 2. The van der Waals surface area contributed by atoms with Crippen molar-refractivity contribution in [1.29, 1.82) is 0 Å². The minimum atomic E-state index is -0.993. The summed E-state index contributed by atoms with van der Waals surface area (Å²) in [6.07, 6.45) is 5.17. The molecule has 6 heteroatoms. The lowest BCUT2D eigenvalue weighted by Crippen LogP contribution is -2.46. The average Bonchev–Trinajstić information content (AvgIpc) is 3.04. The van der Waals surface area contributed by atoms with E-state index in [0.29, 0.717) is 19.1 Å². The van der Waals surface area contributed by atoms with E-state index in [1.807, 2.05) is 0 Å². The predicted molar refractivity (Wildman–Crippen MR) is 78.0 cm³/mol. The van der Waals surface area contributed by atoms with Crippen molar-refractivity contribution in [2.45, 2.75) is 25.7 Å². The number of aliphatic carboxylic acids is 1. The first-order chi connectivity index (χ1) is 10.0. The molecular formula is C15H26N2O4. The number of carboxylic acids is 1. The summed E-state index contributed by atoms with van der Waals surface area (Å²) < 4.78 is 4.95. The number of methoxy groups -OCH3 is 1. The van der Waals surface area contributed by atoms with Gasteiger partial charge in [-0.3, -0.25) is 4.79 Å². The number of hydrogen-bond donors (Lipinski definition) is 1. The number of ether oxygens (including phenoxy) is 1. The Kier molecular flexibility index (Phi) is 5.45. The summed E-state index contributed by atoms with van der Waals surface area (Å²) in [7, 11) is 3.32. The van der Waals surface area contributed by atoms with Crippen molar-refractivity contribution in [1.82, 2.24) is 9.80 Å². The summed E-state index contributed by atoms with van der Waals surface area (Å²) in [5.41, 5.74) is 0. The highest BCUT2D eigenvalue weighted by atomic mass is 16.5. The monoisotopic (exact) mass is 298 g/mol. The van der Waals surface area contributed by atoms with Gasteiger partial charge in [0, 0.05) is 27.2 Å². The Morgan fingerprint density at radius 3 is 2.57 bits per heavy atom. The molecule has 0 spiro atoms. The van der Waals surface area contributed by atoms with E-state index in [2.05, 4.69) is 0 Å². The van der Waals surface area contributed by atoms with E-state index < -0.39 is 5.97 Å². The molecule has 0 saturated heterocycles. The topological polar surface area (TPSA) is 70.1 Å². The Balaban J connectivity index is 1.87. The molecule has 2 saturated carbocycles. The van der Waals surface area contributed by atoms with Crippen molar-refractivity contribution in [2.24, 2.45) is 17.8 Å². The lowest BCUT2D eigenvalue weighted by Gasteiger charge is -2.31. The summed E-state index contributed by atoms with van der Waals surface area (Å²) in [4.78, 5) is 26.3. The van der Waals surface area contributed by atoms with Crippen LogP contribution in [0, 0.1) is 17.8 Å². The van der Waals surface area contributed by atoms with Gasteiger partial charge in [0.2, 0.25) is 0 Å². The number of rotatable bonds is 7. The SMILES string of the molecule is COCCN(CC(=O)O)C(=O)N(C)CC1CC2CCC1C2. The number of fused-ring (bicyclic) bond motifs is 2. The van der Waals surface area contributed by atoms with Gasteiger partial charge in [-0.05, 0) is 37.0 Å². The van der Waals surface area contributed by atoms with Gasteiger partial charge < -0.3 is 19.6 Å². The van der Waals surface area contributed by atoms with E-state index in [4.69, 9.17) is 9.84 Å². The lowest BCUT2D eigenvalue weighted by atomic mass is 9.88. The molecule has 2 amide bonds. The zero-order valence-electron chi connectivity index (χ0n) is 13.0. The van der Waals surface area contributed by atoms with Crippen LogP contribution in [0.15, 0.2) is 0 Å². The molecule has 2 fully saturated rings. The van der Waals surface area contributed by atoms with Gasteiger partial charge in [-0.2, -0.15) is 0 Å². The van der Waals surface area contributed by atoms with E-state index in [-0.39, 0.29) is 12.6 Å². The molecule has 2 aliphatic carbocycles. The molecule has 0 radical (unpaired) electrons. The Hall–Kier alpha value is -1.30. The number of carboxylic acid groups (broad SMARTS) is 1. The van der Waals surface area contributed by atoms with Crippen LogP contribution in [0.3, 0.4) is 0 Å². The number of carbonyl (C=O) groups is 2. The van der Waals surface area contributed by atoms with Gasteiger partial charge in [0.05, 0.1) is 6.61 Å². The van der Waals surface area contributed by atoms with Crippen LogP contribution in [0.4, 0.5) is 4.79 Å². The second-order valence-electron chi connectivity index (χ2n) is 6.41. The summed E-state index contributed by atoms with van der Waals surface area (Å²) in [6, 6.07) is -0.211. The van der Waals surface area contributed by atoms with Crippen molar-refractivity contribution in [3.8, 4) is 0 Å². The van der Waals surface area contributed by atoms with Gasteiger partial charge >= 0.3 is 12.0 Å². The number of hydrogen-bond acceptors (Lipinski definition) is 3. The molecule has 1 N–H and O–H groups in total. The Morgan fingerprint density at radius 1 is 1.29 bits per heavy atom. The van der Waals surface area contributed by atoms with Gasteiger partial charge in [0.15, 0.2) is 0 Å². The summed E-state index contributed by atoms with van der Waals surface area (Å²) >= 11 is 0. The normalized spacial score (nSPS) is 26.9. The first kappa shape index (κ1) is 16.1. The molecule has 2 rings (SSSR count). The van der Waals surface area contributed by atoms with E-state index >= 15 is 0 Å². The zero-order valence-corrected chi connectivity index (χ0v) is 13.0. The molecule has 3 atom stereocenters. The van der Waals surface area contributed by atoms with Gasteiger partial charge in [-0.1, -0.05) is 6.42 Å². The molecule has 0 aromatic heterocycles. The van der Waals surface area contributed by atoms with Crippen LogP contribution in [0.1, 0.15) is 25.7 Å². The quantitative estimate of drug-likeness (QED) is 0.773. The molecule has 3 unspecified atom stereocenters. The Morgan fingerprint density at radius 2 is 2.05 bits per heavy atom. The van der Waals surface area contributed by atoms with Crippen molar-refractivity contribution in [2.75, 3.05) is 40.4 Å². The van der Waals surface area contributed by atoms with Crippen molar-refractivity contribution >= 4 is 12.0 Å². The van der Waals surface area contributed by atoms with Crippen LogP contribution in [0.5, 0.6) is 0 Å². The van der Waals surface area contributed by atoms with Crippen molar-refractivity contribution in [3.05, 3.63) is 0 Å². The second kappa shape index (κ2) is 7.11. The summed E-state index contributed by atoms with van der Waals surface area (Å²) in [5.74, 6) is 1.21. The average molecular weight is 298 g/mol. The summed E-state index contributed by atoms with van der Waals surface area (Å²) in [5, 5.41) is 8.93. The van der Waals surface area contributed by atoms with Crippen molar-refractivity contribution < 1.29 is 19.4 Å². The first-order valence-electron chi connectivity index (χ1n) is 7.72. The van der Waals surface area contributed by atoms with Crippen LogP contribution < -0.4 is 0 Å². The van der Waals surface area contributed by atoms with Crippen LogP contribution in [0.2, 0.25) is 0 Å². The maximum absolute atomic E-state index is 12.4. The Bertz CT molecular complexity index is 388. The molecule has 6 nitrogen and oxygen atoms in total. The van der Waals surface area contributed by atoms with Gasteiger partial charge in [0.25, 0.3) is 0 Å². The van der Waals surface area contributed by atoms with Gasteiger partial charge in [-0.25, -0.2) is 4.79 Å². The minimum Gasteiger partial charge on any atom is -0.480 e. The maximum Gasteiger partial charge on any atom is 0.323 e. The van der Waals surface area contributed by atoms with Gasteiger partial charge in [0.1, 0.15) is 6.54 Å². The number of urea groups is 1. The van der Waals surface area contributed by atoms with Crippen LogP contribution in [0.25, 0.3) is 0 Å². The number of amides is 2. The van der Waals surface area contributed by atoms with E-state index in [1.165, 1.54) is 30.6 Å². The molecule has 0 aromatic carbocycles. The molecule has 0 aromatic rings. The van der Waals surface area contributed by atoms with Crippen LogP contribution >= 0.6 is 0 Å². The van der Waals surface area contributed by atoms with E-state index in [9.17, 15) is 9.59 Å². The Labute approximate surface area is 126 Å². The molecule has 2 bridgehead atoms. The highest BCUT2D eigenvalue weighted by Crippen LogP contribution is 2.48. The molecular weight excluding hydrogens is 272 g/mol. The van der Waals surface area contributed by atoms with Crippen LogP contribution in [-0.2, 0) is 9.53 Å². The fraction of sp³-hybridized carbons (Fsp3) is 0.867. The van der Waals surface area contributed by atoms with E-state index in [0.717, 1.165) is 18.4 Å². The third kappa shape index (κ3) is 4.09. The molecule has 120 valence electrons. The van der Waals surface area contributed by atoms with Crippen molar-refractivity contribution in [3.63, 3.8) is 0 Å². The molecule has 0 aliphatic heterocycles. The number of carbonyl (C=O) groups excluding carboxylic acids is 1. The fourth-order valence-corrected chi connectivity index (χ4v) is 3.88. The molecule has 0 heterocycles. The smallest absolute Gasteiger partial charge is 0.323 e.